The molecule has 11 nitrogen and oxygen atoms in total. The highest BCUT2D eigenvalue weighted by atomic mass is 16.6. The first kappa shape index (κ1) is 25.9. The molecule has 0 aliphatic heterocycles. The normalized spacial score (nSPS) is 13.2. The third kappa shape index (κ3) is 9.06. The summed E-state index contributed by atoms with van der Waals surface area (Å²) in [5.74, 6) is -1.99. The van der Waals surface area contributed by atoms with Crippen molar-refractivity contribution in [3.05, 3.63) is 18.2 Å². The van der Waals surface area contributed by atoms with E-state index in [4.69, 9.17) is 9.47 Å². The smallest absolute Gasteiger partial charge is 0.419 e. The SMILES string of the molecule is CC(C)(C)OC(=O)N[C@H](Cc1cn(C(=O)OC(C)(C)C)cn1)C(=O)NC(C)(C)C(=O)O. The van der Waals surface area contributed by atoms with Crippen molar-refractivity contribution in [3.8, 4) is 0 Å². The summed E-state index contributed by atoms with van der Waals surface area (Å²) in [6, 6.07) is -1.20. The Kier molecular flexibility index (Phi) is 7.83. The summed E-state index contributed by atoms with van der Waals surface area (Å²) in [4.78, 5) is 52.5. The van der Waals surface area contributed by atoms with Gasteiger partial charge in [-0.2, -0.15) is 0 Å². The van der Waals surface area contributed by atoms with Crippen molar-refractivity contribution < 1.29 is 33.8 Å². The monoisotopic (exact) mass is 440 g/mol. The lowest BCUT2D eigenvalue weighted by molar-refractivity contribution is -0.146. The number of aliphatic carboxylic acids is 1. The summed E-state index contributed by atoms with van der Waals surface area (Å²) in [6.07, 6.45) is 0.976. The predicted octanol–water partition coefficient (Wildman–Crippen LogP) is 2.08. The van der Waals surface area contributed by atoms with E-state index in [1.165, 1.54) is 26.4 Å². The topological polar surface area (TPSA) is 149 Å². The Labute approximate surface area is 181 Å². The average molecular weight is 440 g/mol. The number of hydrogen-bond acceptors (Lipinski definition) is 7. The molecular weight excluding hydrogens is 408 g/mol. The average Bonchev–Trinajstić information content (AvgIpc) is 2.99. The molecule has 1 aromatic heterocycles. The van der Waals surface area contributed by atoms with Crippen LogP contribution in [0.3, 0.4) is 0 Å². The van der Waals surface area contributed by atoms with Crippen LogP contribution in [-0.2, 0) is 25.5 Å². The van der Waals surface area contributed by atoms with Crippen molar-refractivity contribution in [2.24, 2.45) is 0 Å². The van der Waals surface area contributed by atoms with Crippen molar-refractivity contribution in [3.63, 3.8) is 0 Å². The Morgan fingerprint density at radius 3 is 2.06 bits per heavy atom. The third-order valence-corrected chi connectivity index (χ3v) is 3.63. The molecule has 0 aliphatic carbocycles. The molecule has 1 aromatic rings. The van der Waals surface area contributed by atoms with Crippen molar-refractivity contribution in [1.82, 2.24) is 20.2 Å². The molecule has 174 valence electrons. The van der Waals surface area contributed by atoms with E-state index >= 15 is 0 Å². The Morgan fingerprint density at radius 2 is 1.58 bits per heavy atom. The van der Waals surface area contributed by atoms with Crippen LogP contribution in [0.4, 0.5) is 9.59 Å². The minimum atomic E-state index is -1.57. The van der Waals surface area contributed by atoms with Crippen LogP contribution in [0.1, 0.15) is 61.1 Å². The summed E-state index contributed by atoms with van der Waals surface area (Å²) in [7, 11) is 0. The number of alkyl carbamates (subject to hydrolysis) is 1. The highest BCUT2D eigenvalue weighted by Gasteiger charge is 2.33. The molecule has 0 saturated heterocycles. The number of nitrogens with one attached hydrogen (secondary N) is 2. The maximum atomic E-state index is 12.7. The molecule has 0 fully saturated rings. The zero-order valence-corrected chi connectivity index (χ0v) is 19.2. The summed E-state index contributed by atoms with van der Waals surface area (Å²) >= 11 is 0. The van der Waals surface area contributed by atoms with Crippen LogP contribution in [-0.4, -0.2) is 61.5 Å². The van der Waals surface area contributed by atoms with E-state index in [1.54, 1.807) is 41.5 Å². The van der Waals surface area contributed by atoms with Gasteiger partial charge in [-0.25, -0.2) is 23.9 Å². The standard InChI is InChI=1S/C20H32N4O7/c1-18(2,3)30-16(28)22-13(14(25)23-20(7,8)15(26)27)9-12-10-24(11-21-12)17(29)31-19(4,5)6/h10-11,13H,9H2,1-8H3,(H,22,28)(H,23,25)(H,26,27)/t13-/m1/s1. The summed E-state index contributed by atoms with van der Waals surface area (Å²) in [5.41, 5.74) is -2.77. The molecule has 1 rings (SSSR count). The van der Waals surface area contributed by atoms with E-state index in [9.17, 15) is 24.3 Å². The van der Waals surface area contributed by atoms with E-state index in [0.29, 0.717) is 5.69 Å². The molecular formula is C20H32N4O7. The van der Waals surface area contributed by atoms with Crippen molar-refractivity contribution in [2.45, 2.75) is 84.6 Å². The number of carbonyl (C=O) groups excluding carboxylic acids is 3. The molecule has 0 saturated carbocycles. The lowest BCUT2D eigenvalue weighted by atomic mass is 10.0. The number of carbonyl (C=O) groups is 4. The fourth-order valence-corrected chi connectivity index (χ4v) is 2.20. The first-order chi connectivity index (χ1) is 13.9. The van der Waals surface area contributed by atoms with Gasteiger partial charge in [0.2, 0.25) is 5.91 Å². The van der Waals surface area contributed by atoms with Crippen LogP contribution in [0.15, 0.2) is 12.5 Å². The number of carboxylic acid groups (broad SMARTS) is 1. The second-order valence-electron chi connectivity index (χ2n) is 9.57. The largest absolute Gasteiger partial charge is 0.480 e. The van der Waals surface area contributed by atoms with Crippen LogP contribution in [0.2, 0.25) is 0 Å². The van der Waals surface area contributed by atoms with Gasteiger partial charge in [-0.05, 0) is 55.4 Å². The molecule has 0 bridgehead atoms. The second kappa shape index (κ2) is 9.36. The third-order valence-electron chi connectivity index (χ3n) is 3.63. The van der Waals surface area contributed by atoms with Crippen molar-refractivity contribution in [2.75, 3.05) is 0 Å². The van der Waals surface area contributed by atoms with E-state index in [0.717, 1.165) is 4.57 Å². The second-order valence-corrected chi connectivity index (χ2v) is 9.57. The van der Waals surface area contributed by atoms with Crippen LogP contribution < -0.4 is 10.6 Å². The van der Waals surface area contributed by atoms with Crippen LogP contribution in [0.25, 0.3) is 0 Å². The molecule has 0 spiro atoms. The number of rotatable bonds is 6. The van der Waals surface area contributed by atoms with Gasteiger partial charge >= 0.3 is 18.2 Å². The van der Waals surface area contributed by atoms with Gasteiger partial charge in [0.05, 0.1) is 5.69 Å². The van der Waals surface area contributed by atoms with Gasteiger partial charge in [0.15, 0.2) is 0 Å². The lowest BCUT2D eigenvalue weighted by Gasteiger charge is -2.26. The number of ether oxygens (including phenoxy) is 2. The van der Waals surface area contributed by atoms with E-state index < -0.39 is 46.8 Å². The summed E-state index contributed by atoms with van der Waals surface area (Å²) in [5, 5.41) is 14.1. The highest BCUT2D eigenvalue weighted by Crippen LogP contribution is 2.12. The van der Waals surface area contributed by atoms with Crippen LogP contribution in [0, 0.1) is 0 Å². The minimum absolute atomic E-state index is 0.115. The van der Waals surface area contributed by atoms with Crippen molar-refractivity contribution in [1.29, 1.82) is 0 Å². The van der Waals surface area contributed by atoms with E-state index in [-0.39, 0.29) is 6.42 Å². The van der Waals surface area contributed by atoms with E-state index in [1.807, 2.05) is 0 Å². The molecule has 0 radical (unpaired) electrons. The van der Waals surface area contributed by atoms with E-state index in [2.05, 4.69) is 15.6 Å². The number of amides is 2. The number of nitrogens with zero attached hydrogens (tertiary/aromatic N) is 2. The Balaban J connectivity index is 3.04. The molecule has 0 unspecified atom stereocenters. The Hall–Kier alpha value is -3.11. The number of hydrogen-bond donors (Lipinski definition) is 3. The molecule has 0 aliphatic rings. The van der Waals surface area contributed by atoms with Gasteiger partial charge in [-0.15, -0.1) is 0 Å². The number of carboxylic acids is 1. The van der Waals surface area contributed by atoms with Gasteiger partial charge in [0, 0.05) is 12.6 Å². The van der Waals surface area contributed by atoms with Gasteiger partial charge in [-0.1, -0.05) is 0 Å². The zero-order chi connectivity index (χ0) is 24.2. The van der Waals surface area contributed by atoms with Gasteiger partial charge in [0.25, 0.3) is 0 Å². The minimum Gasteiger partial charge on any atom is -0.480 e. The summed E-state index contributed by atoms with van der Waals surface area (Å²) < 4.78 is 11.6. The maximum Gasteiger partial charge on any atom is 0.419 e. The first-order valence-corrected chi connectivity index (χ1v) is 9.71. The van der Waals surface area contributed by atoms with Gasteiger partial charge in [0.1, 0.15) is 29.1 Å². The maximum absolute atomic E-state index is 12.7. The van der Waals surface area contributed by atoms with Crippen LogP contribution >= 0.6 is 0 Å². The fourth-order valence-electron chi connectivity index (χ4n) is 2.20. The Bertz CT molecular complexity index is 831. The first-order valence-electron chi connectivity index (χ1n) is 9.71. The van der Waals surface area contributed by atoms with Crippen molar-refractivity contribution >= 4 is 24.1 Å². The molecule has 2 amide bonds. The van der Waals surface area contributed by atoms with Gasteiger partial charge in [-0.3, -0.25) is 4.79 Å². The molecule has 3 N–H and O–H groups in total. The van der Waals surface area contributed by atoms with Gasteiger partial charge < -0.3 is 25.2 Å². The molecule has 0 aromatic carbocycles. The predicted molar refractivity (Wildman–Crippen MR) is 111 cm³/mol. The quantitative estimate of drug-likeness (QED) is 0.609. The molecule has 31 heavy (non-hydrogen) atoms. The molecule has 1 atom stereocenters. The summed E-state index contributed by atoms with van der Waals surface area (Å²) in [6.45, 7) is 12.8. The number of imidazole rings is 1. The molecule has 11 heteroatoms. The lowest BCUT2D eigenvalue weighted by Crippen LogP contribution is -2.57. The van der Waals surface area contributed by atoms with Crippen LogP contribution in [0.5, 0.6) is 0 Å². The zero-order valence-electron chi connectivity index (χ0n) is 19.2. The highest BCUT2D eigenvalue weighted by molar-refractivity contribution is 5.91. The molecule has 1 heterocycles. The number of aromatic nitrogens is 2. The Morgan fingerprint density at radius 1 is 1.03 bits per heavy atom. The fraction of sp³-hybridized carbons (Fsp3) is 0.650.